The summed E-state index contributed by atoms with van der Waals surface area (Å²) in [7, 11) is 0. The fourth-order valence-electron chi connectivity index (χ4n) is 1.10. The maximum absolute atomic E-state index is 10.3. The van der Waals surface area contributed by atoms with Crippen molar-refractivity contribution in [2.24, 2.45) is 0 Å². The summed E-state index contributed by atoms with van der Waals surface area (Å²) in [5.41, 5.74) is 2.13. The SMILES string of the molecule is Cc1ccc(C(=S)CCC(=O)O)cc1. The molecule has 0 bridgehead atoms. The lowest BCUT2D eigenvalue weighted by molar-refractivity contribution is -0.136. The Kier molecular flexibility index (Phi) is 3.77. The highest BCUT2D eigenvalue weighted by Gasteiger charge is 2.03. The second-order valence-corrected chi connectivity index (χ2v) is 3.68. The quantitative estimate of drug-likeness (QED) is 0.610. The number of aliphatic carboxylic acids is 1. The first-order valence-electron chi connectivity index (χ1n) is 4.41. The van der Waals surface area contributed by atoms with Crippen molar-refractivity contribution < 1.29 is 9.90 Å². The van der Waals surface area contributed by atoms with Gasteiger partial charge in [-0.3, -0.25) is 4.79 Å². The minimum atomic E-state index is -0.806. The predicted molar refractivity (Wildman–Crippen MR) is 59.7 cm³/mol. The third-order valence-corrected chi connectivity index (χ3v) is 2.38. The topological polar surface area (TPSA) is 37.3 Å². The molecule has 0 saturated carbocycles. The Morgan fingerprint density at radius 1 is 1.29 bits per heavy atom. The third kappa shape index (κ3) is 3.26. The summed E-state index contributed by atoms with van der Waals surface area (Å²) in [5, 5.41) is 8.49. The lowest BCUT2D eigenvalue weighted by atomic mass is 10.1. The first-order valence-corrected chi connectivity index (χ1v) is 4.82. The molecule has 0 amide bonds. The Hall–Kier alpha value is -1.22. The molecule has 0 aromatic heterocycles. The van der Waals surface area contributed by atoms with Gasteiger partial charge >= 0.3 is 5.97 Å². The Bertz CT molecular complexity index is 341. The van der Waals surface area contributed by atoms with Gasteiger partial charge in [0.05, 0.1) is 6.42 Å². The number of thiocarbonyl (C=S) groups is 1. The average molecular weight is 208 g/mol. The molecule has 74 valence electrons. The van der Waals surface area contributed by atoms with Crippen LogP contribution in [0.4, 0.5) is 0 Å². The number of carboxylic acids is 1. The maximum Gasteiger partial charge on any atom is 0.303 e. The summed E-state index contributed by atoms with van der Waals surface area (Å²) in [4.78, 5) is 11.0. The van der Waals surface area contributed by atoms with Crippen molar-refractivity contribution in [2.75, 3.05) is 0 Å². The lowest BCUT2D eigenvalue weighted by Crippen LogP contribution is -2.02. The van der Waals surface area contributed by atoms with Crippen LogP contribution in [-0.4, -0.2) is 15.9 Å². The van der Waals surface area contributed by atoms with Crippen LogP contribution in [0.1, 0.15) is 24.0 Å². The fourth-order valence-corrected chi connectivity index (χ4v) is 1.34. The number of benzene rings is 1. The van der Waals surface area contributed by atoms with Crippen molar-refractivity contribution in [1.29, 1.82) is 0 Å². The van der Waals surface area contributed by atoms with Crippen LogP contribution in [0.2, 0.25) is 0 Å². The molecule has 0 saturated heterocycles. The molecule has 0 atom stereocenters. The van der Waals surface area contributed by atoms with E-state index in [1.165, 1.54) is 5.56 Å². The van der Waals surface area contributed by atoms with Crippen LogP contribution in [0.25, 0.3) is 0 Å². The van der Waals surface area contributed by atoms with Crippen molar-refractivity contribution in [2.45, 2.75) is 19.8 Å². The molecule has 1 aromatic carbocycles. The summed E-state index contributed by atoms with van der Waals surface area (Å²) in [6.45, 7) is 2.00. The molecule has 0 radical (unpaired) electrons. The summed E-state index contributed by atoms with van der Waals surface area (Å²) >= 11 is 5.12. The van der Waals surface area contributed by atoms with Crippen LogP contribution in [0.15, 0.2) is 24.3 Å². The van der Waals surface area contributed by atoms with E-state index in [2.05, 4.69) is 0 Å². The summed E-state index contributed by atoms with van der Waals surface area (Å²) in [6, 6.07) is 7.81. The molecule has 0 unspecified atom stereocenters. The van der Waals surface area contributed by atoms with E-state index >= 15 is 0 Å². The average Bonchev–Trinajstić information content (AvgIpc) is 2.15. The van der Waals surface area contributed by atoms with Crippen molar-refractivity contribution in [1.82, 2.24) is 0 Å². The van der Waals surface area contributed by atoms with Crippen LogP contribution < -0.4 is 0 Å². The molecule has 0 aliphatic carbocycles. The van der Waals surface area contributed by atoms with E-state index in [0.717, 1.165) is 5.56 Å². The Morgan fingerprint density at radius 2 is 1.86 bits per heavy atom. The van der Waals surface area contributed by atoms with Crippen molar-refractivity contribution in [3.8, 4) is 0 Å². The molecule has 0 heterocycles. The van der Waals surface area contributed by atoms with Gasteiger partial charge in [0, 0.05) is 4.86 Å². The van der Waals surface area contributed by atoms with Gasteiger partial charge in [0.1, 0.15) is 0 Å². The number of hydrogen-bond acceptors (Lipinski definition) is 2. The number of hydrogen-bond donors (Lipinski definition) is 1. The van der Waals surface area contributed by atoms with Gasteiger partial charge in [-0.25, -0.2) is 0 Å². The molecular formula is C11H12O2S. The summed E-state index contributed by atoms with van der Waals surface area (Å²) in [5.74, 6) is -0.806. The molecule has 1 aromatic rings. The minimum Gasteiger partial charge on any atom is -0.481 e. The van der Waals surface area contributed by atoms with Gasteiger partial charge in [-0.05, 0) is 18.9 Å². The van der Waals surface area contributed by atoms with E-state index in [1.807, 2.05) is 31.2 Å². The van der Waals surface area contributed by atoms with Gasteiger partial charge in [-0.15, -0.1) is 0 Å². The normalized spacial score (nSPS) is 9.79. The Balaban J connectivity index is 2.61. The first kappa shape index (κ1) is 10.9. The predicted octanol–water partition coefficient (Wildman–Crippen LogP) is 2.58. The molecule has 3 heteroatoms. The van der Waals surface area contributed by atoms with Crippen LogP contribution in [0.5, 0.6) is 0 Å². The molecular weight excluding hydrogens is 196 g/mol. The first-order chi connectivity index (χ1) is 6.59. The number of aryl methyl sites for hydroxylation is 1. The largest absolute Gasteiger partial charge is 0.481 e. The number of rotatable bonds is 4. The molecule has 1 rings (SSSR count). The standard InChI is InChI=1S/C11H12O2S/c1-8-2-4-9(5-3-8)10(14)6-7-11(12)13/h2-5H,6-7H2,1H3,(H,12,13). The smallest absolute Gasteiger partial charge is 0.303 e. The van der Waals surface area contributed by atoms with Crippen LogP contribution in [-0.2, 0) is 4.79 Å². The highest BCUT2D eigenvalue weighted by atomic mass is 32.1. The van der Waals surface area contributed by atoms with E-state index in [-0.39, 0.29) is 6.42 Å². The molecule has 0 aliphatic heterocycles. The zero-order valence-electron chi connectivity index (χ0n) is 7.99. The molecule has 1 N–H and O–H groups in total. The zero-order valence-corrected chi connectivity index (χ0v) is 8.80. The second kappa shape index (κ2) is 4.86. The van der Waals surface area contributed by atoms with E-state index < -0.39 is 5.97 Å². The van der Waals surface area contributed by atoms with Crippen LogP contribution in [0, 0.1) is 6.92 Å². The fraction of sp³-hybridized carbons (Fsp3) is 0.273. The molecule has 0 fully saturated rings. The number of carboxylic acid groups (broad SMARTS) is 1. The van der Waals surface area contributed by atoms with Crippen molar-refractivity contribution in [3.05, 3.63) is 35.4 Å². The minimum absolute atomic E-state index is 0.104. The Morgan fingerprint density at radius 3 is 2.36 bits per heavy atom. The van der Waals surface area contributed by atoms with Gasteiger partial charge < -0.3 is 5.11 Å². The molecule has 14 heavy (non-hydrogen) atoms. The summed E-state index contributed by atoms with van der Waals surface area (Å²) in [6.07, 6.45) is 0.542. The second-order valence-electron chi connectivity index (χ2n) is 3.18. The molecule has 0 spiro atoms. The van der Waals surface area contributed by atoms with Crippen molar-refractivity contribution >= 4 is 23.1 Å². The van der Waals surface area contributed by atoms with E-state index in [0.29, 0.717) is 11.3 Å². The van der Waals surface area contributed by atoms with Gasteiger partial charge in [0.2, 0.25) is 0 Å². The number of carbonyl (C=O) groups is 1. The molecule has 2 nitrogen and oxygen atoms in total. The van der Waals surface area contributed by atoms with Crippen LogP contribution in [0.3, 0.4) is 0 Å². The van der Waals surface area contributed by atoms with E-state index in [1.54, 1.807) is 0 Å². The monoisotopic (exact) mass is 208 g/mol. The van der Waals surface area contributed by atoms with E-state index in [4.69, 9.17) is 17.3 Å². The third-order valence-electron chi connectivity index (χ3n) is 1.94. The molecule has 0 aliphatic rings. The summed E-state index contributed by atoms with van der Waals surface area (Å²) < 4.78 is 0. The van der Waals surface area contributed by atoms with Gasteiger partial charge in [-0.1, -0.05) is 42.0 Å². The lowest BCUT2D eigenvalue weighted by Gasteiger charge is -2.02. The van der Waals surface area contributed by atoms with Crippen LogP contribution >= 0.6 is 12.2 Å². The Labute approximate surface area is 88.6 Å². The highest BCUT2D eigenvalue weighted by molar-refractivity contribution is 7.80. The van der Waals surface area contributed by atoms with Gasteiger partial charge in [0.25, 0.3) is 0 Å². The highest BCUT2D eigenvalue weighted by Crippen LogP contribution is 2.08. The zero-order chi connectivity index (χ0) is 10.6. The van der Waals surface area contributed by atoms with Gasteiger partial charge in [0.15, 0.2) is 0 Å². The van der Waals surface area contributed by atoms with Crippen molar-refractivity contribution in [3.63, 3.8) is 0 Å². The maximum atomic E-state index is 10.3. The van der Waals surface area contributed by atoms with E-state index in [9.17, 15) is 4.79 Å². The van der Waals surface area contributed by atoms with Gasteiger partial charge in [-0.2, -0.15) is 0 Å².